The summed E-state index contributed by atoms with van der Waals surface area (Å²) in [6, 6.07) is 2.03. The number of rotatable bonds is 3. The molecule has 152 valence electrons. The van der Waals surface area contributed by atoms with Gasteiger partial charge < -0.3 is 18.7 Å². The summed E-state index contributed by atoms with van der Waals surface area (Å²) in [6.45, 7) is 2.20. The molecule has 3 aliphatic carbocycles. The summed E-state index contributed by atoms with van der Waals surface area (Å²) < 4.78 is 15.9. The van der Waals surface area contributed by atoms with E-state index in [9.17, 15) is 14.4 Å². The molecular weight excluding hydrogens is 360 g/mol. The Labute approximate surface area is 164 Å². The molecule has 0 amide bonds. The third-order valence-electron chi connectivity index (χ3n) is 8.06. The summed E-state index contributed by atoms with van der Waals surface area (Å²) in [5, 5.41) is 0. The molecule has 4 rings (SSSR count). The predicted molar refractivity (Wildman–Crippen MR) is 99.3 cm³/mol. The number of carbonyl (C=O) groups excluding carboxylic acids is 3. The number of hydrogen-bond acceptors (Lipinski definition) is 6. The normalized spacial score (nSPS) is 35.7. The lowest BCUT2D eigenvalue weighted by Crippen LogP contribution is -2.62. The molecule has 2 saturated carbocycles. The third kappa shape index (κ3) is 2.29. The van der Waals surface area contributed by atoms with E-state index >= 15 is 0 Å². The fourth-order valence-electron chi connectivity index (χ4n) is 6.86. The Bertz CT molecular complexity index is 779. The molecule has 0 saturated heterocycles. The van der Waals surface area contributed by atoms with Gasteiger partial charge in [0.15, 0.2) is 5.41 Å². The maximum Gasteiger partial charge on any atom is 0.323 e. The van der Waals surface area contributed by atoms with Crippen LogP contribution >= 0.6 is 0 Å². The molecule has 1 aromatic rings. The number of furan rings is 1. The largest absolute Gasteiger partial charge is 0.469 e. The van der Waals surface area contributed by atoms with Crippen LogP contribution in [0, 0.1) is 28.6 Å². The summed E-state index contributed by atoms with van der Waals surface area (Å²) in [4.78, 5) is 38.6. The predicted octanol–water partition coefficient (Wildman–Crippen LogP) is 3.28. The van der Waals surface area contributed by atoms with Gasteiger partial charge >= 0.3 is 11.9 Å². The van der Waals surface area contributed by atoms with E-state index < -0.39 is 28.7 Å². The topological polar surface area (TPSA) is 82.8 Å². The Morgan fingerprint density at radius 1 is 1.18 bits per heavy atom. The number of fused-ring (bicyclic) bond motifs is 4. The molecule has 0 spiro atoms. The van der Waals surface area contributed by atoms with Crippen molar-refractivity contribution in [1.82, 2.24) is 0 Å². The summed E-state index contributed by atoms with van der Waals surface area (Å²) in [5.41, 5.74) is -0.925. The van der Waals surface area contributed by atoms with Crippen LogP contribution < -0.4 is 0 Å². The van der Waals surface area contributed by atoms with Crippen LogP contribution in [0.25, 0.3) is 0 Å². The van der Waals surface area contributed by atoms with Gasteiger partial charge in [-0.1, -0.05) is 13.3 Å². The Morgan fingerprint density at radius 2 is 1.89 bits per heavy atom. The van der Waals surface area contributed by atoms with Gasteiger partial charge in [-0.05, 0) is 61.0 Å². The second-order valence-electron chi connectivity index (χ2n) is 8.73. The molecule has 5 atom stereocenters. The van der Waals surface area contributed by atoms with Crippen LogP contribution in [0.15, 0.2) is 16.7 Å². The minimum Gasteiger partial charge on any atom is -0.469 e. The van der Waals surface area contributed by atoms with Gasteiger partial charge in [-0.2, -0.15) is 0 Å². The van der Waals surface area contributed by atoms with Crippen molar-refractivity contribution in [2.75, 3.05) is 14.2 Å². The molecule has 0 N–H and O–H groups in total. The van der Waals surface area contributed by atoms with Crippen LogP contribution in [0.5, 0.6) is 0 Å². The number of ether oxygens (including phenoxy) is 2. The van der Waals surface area contributed by atoms with E-state index in [0.717, 1.165) is 18.5 Å². The zero-order valence-electron chi connectivity index (χ0n) is 16.7. The second-order valence-corrected chi connectivity index (χ2v) is 8.73. The van der Waals surface area contributed by atoms with E-state index in [1.54, 1.807) is 6.26 Å². The Hall–Kier alpha value is -2.11. The van der Waals surface area contributed by atoms with Crippen LogP contribution in [0.4, 0.5) is 0 Å². The maximum absolute atomic E-state index is 12.9. The molecule has 6 nitrogen and oxygen atoms in total. The quantitative estimate of drug-likeness (QED) is 0.449. The number of carbonyl (C=O) groups is 3. The average molecular weight is 388 g/mol. The van der Waals surface area contributed by atoms with Crippen LogP contribution in [0.3, 0.4) is 0 Å². The fraction of sp³-hybridized carbons (Fsp3) is 0.682. The Balaban J connectivity index is 1.84. The van der Waals surface area contributed by atoms with Gasteiger partial charge in [0.2, 0.25) is 0 Å². The number of methoxy groups -OCH3 is 2. The second kappa shape index (κ2) is 6.75. The fourth-order valence-corrected chi connectivity index (χ4v) is 6.86. The van der Waals surface area contributed by atoms with E-state index in [1.165, 1.54) is 19.8 Å². The molecule has 6 heteroatoms. The van der Waals surface area contributed by atoms with Crippen LogP contribution in [0.2, 0.25) is 0 Å². The number of aldehydes is 1. The van der Waals surface area contributed by atoms with E-state index in [-0.39, 0.29) is 11.8 Å². The standard InChI is InChI=1S/C22H28O6/c1-13-14-5-6-18-21(12-23,16(14)11-17-15(13)7-10-28-17)8-4-9-22(18,19(24)26-2)20(25)27-3/h7,10,12-14,16,18H,4-6,8-9,11H2,1-3H3. The third-order valence-corrected chi connectivity index (χ3v) is 8.06. The van der Waals surface area contributed by atoms with Crippen LogP contribution in [-0.2, 0) is 30.3 Å². The highest BCUT2D eigenvalue weighted by Crippen LogP contribution is 2.64. The molecule has 0 aliphatic heterocycles. The minimum atomic E-state index is -1.40. The summed E-state index contributed by atoms with van der Waals surface area (Å²) in [5.74, 6) is 0.0495. The zero-order chi connectivity index (χ0) is 20.1. The lowest BCUT2D eigenvalue weighted by Gasteiger charge is -2.59. The lowest BCUT2D eigenvalue weighted by atomic mass is 9.43. The van der Waals surface area contributed by atoms with Crippen molar-refractivity contribution in [2.24, 2.45) is 28.6 Å². The molecular formula is C22H28O6. The molecule has 0 radical (unpaired) electrons. The highest BCUT2D eigenvalue weighted by atomic mass is 16.5. The zero-order valence-corrected chi connectivity index (χ0v) is 16.7. The van der Waals surface area contributed by atoms with Crippen molar-refractivity contribution in [2.45, 2.75) is 51.4 Å². The summed E-state index contributed by atoms with van der Waals surface area (Å²) in [6.07, 6.45) is 6.60. The maximum atomic E-state index is 12.9. The SMILES string of the molecule is COC(=O)C1(C(=O)OC)CCCC2(C=O)C3Cc4occc4C(C)C3CCC12. The van der Waals surface area contributed by atoms with Crippen molar-refractivity contribution in [1.29, 1.82) is 0 Å². The first kappa shape index (κ1) is 19.2. The first-order valence-electron chi connectivity index (χ1n) is 10.2. The van der Waals surface area contributed by atoms with Crippen molar-refractivity contribution in [3.8, 4) is 0 Å². The highest BCUT2D eigenvalue weighted by Gasteiger charge is 2.67. The smallest absolute Gasteiger partial charge is 0.323 e. The lowest BCUT2D eigenvalue weighted by molar-refractivity contribution is -0.193. The Morgan fingerprint density at radius 3 is 2.54 bits per heavy atom. The van der Waals surface area contributed by atoms with E-state index in [4.69, 9.17) is 13.9 Å². The Kier molecular flexibility index (Phi) is 4.63. The van der Waals surface area contributed by atoms with Gasteiger partial charge in [-0.15, -0.1) is 0 Å². The van der Waals surface area contributed by atoms with Crippen molar-refractivity contribution in [3.05, 3.63) is 23.7 Å². The minimum absolute atomic E-state index is 0.0476. The van der Waals surface area contributed by atoms with E-state index in [2.05, 4.69) is 6.92 Å². The molecule has 3 aliphatic rings. The van der Waals surface area contributed by atoms with E-state index in [1.807, 2.05) is 6.07 Å². The molecule has 1 heterocycles. The molecule has 5 unspecified atom stereocenters. The van der Waals surface area contributed by atoms with Gasteiger partial charge in [0.05, 0.1) is 20.5 Å². The summed E-state index contributed by atoms with van der Waals surface area (Å²) >= 11 is 0. The van der Waals surface area contributed by atoms with Gasteiger partial charge in [0.1, 0.15) is 12.0 Å². The number of hydrogen-bond donors (Lipinski definition) is 0. The molecule has 2 fully saturated rings. The first-order valence-corrected chi connectivity index (χ1v) is 10.2. The molecule has 0 aromatic carbocycles. The van der Waals surface area contributed by atoms with Gasteiger partial charge in [-0.25, -0.2) is 0 Å². The van der Waals surface area contributed by atoms with Crippen molar-refractivity contribution >= 4 is 18.2 Å². The average Bonchev–Trinajstić information content (AvgIpc) is 3.21. The van der Waals surface area contributed by atoms with Gasteiger partial charge in [0, 0.05) is 11.8 Å². The molecule has 0 bridgehead atoms. The monoisotopic (exact) mass is 388 g/mol. The molecule has 28 heavy (non-hydrogen) atoms. The van der Waals surface area contributed by atoms with Crippen LogP contribution in [-0.4, -0.2) is 32.4 Å². The summed E-state index contributed by atoms with van der Waals surface area (Å²) in [7, 11) is 2.60. The van der Waals surface area contributed by atoms with Crippen LogP contribution in [0.1, 0.15) is 56.3 Å². The van der Waals surface area contributed by atoms with Gasteiger partial charge in [0.25, 0.3) is 0 Å². The highest BCUT2D eigenvalue weighted by molar-refractivity contribution is 6.01. The van der Waals surface area contributed by atoms with Crippen molar-refractivity contribution < 1.29 is 28.3 Å². The van der Waals surface area contributed by atoms with Crippen molar-refractivity contribution in [3.63, 3.8) is 0 Å². The van der Waals surface area contributed by atoms with Gasteiger partial charge in [-0.3, -0.25) is 9.59 Å². The van der Waals surface area contributed by atoms with E-state index in [0.29, 0.717) is 38.0 Å². The molecule has 1 aromatic heterocycles. The first-order chi connectivity index (χ1) is 13.5. The number of esters is 2.